The molecule has 3 aromatic rings. The Labute approximate surface area is 199 Å². The molecule has 2 aliphatic heterocycles. The fourth-order valence-electron chi connectivity index (χ4n) is 4.93. The Hall–Kier alpha value is -2.62. The summed E-state index contributed by atoms with van der Waals surface area (Å²) in [6.45, 7) is 10.7. The van der Waals surface area contributed by atoms with Gasteiger partial charge in [0.25, 0.3) is 0 Å². The topological polar surface area (TPSA) is 88.3 Å². The molecule has 0 bridgehead atoms. The number of likely N-dealkylation sites (tertiary alicyclic amines) is 1. The van der Waals surface area contributed by atoms with Crippen molar-refractivity contribution in [3.8, 4) is 0 Å². The van der Waals surface area contributed by atoms with Gasteiger partial charge in [-0.05, 0) is 63.9 Å². The molecule has 8 nitrogen and oxygen atoms in total. The van der Waals surface area contributed by atoms with Crippen molar-refractivity contribution in [2.24, 2.45) is 0 Å². The Bertz CT molecular complexity index is 1190. The van der Waals surface area contributed by atoms with Crippen LogP contribution >= 0.6 is 0 Å². The molecule has 0 radical (unpaired) electrons. The zero-order valence-electron chi connectivity index (χ0n) is 20.3. The zero-order chi connectivity index (χ0) is 24.0. The van der Waals surface area contributed by atoms with Crippen molar-refractivity contribution in [2.45, 2.75) is 64.4 Å². The Morgan fingerprint density at radius 2 is 2.03 bits per heavy atom. The predicted octanol–water partition coefficient (Wildman–Crippen LogP) is 3.48. The van der Waals surface area contributed by atoms with Gasteiger partial charge in [-0.1, -0.05) is 0 Å². The second kappa shape index (κ2) is 8.87. The van der Waals surface area contributed by atoms with Gasteiger partial charge in [-0.3, -0.25) is 9.58 Å². The van der Waals surface area contributed by atoms with Gasteiger partial charge in [-0.2, -0.15) is 5.10 Å². The SMILES string of the molecule is Cc1cc2cnc(Nc3cnn(CC(C)(C)O)c3C)nc2cc1[C@@H]1CCN(C2COC2)C[C@H]1F. The Kier molecular flexibility index (Phi) is 6.03. The van der Waals surface area contributed by atoms with Crippen molar-refractivity contribution in [1.82, 2.24) is 24.6 Å². The van der Waals surface area contributed by atoms with E-state index in [0.717, 1.165) is 59.6 Å². The Morgan fingerprint density at radius 3 is 2.71 bits per heavy atom. The van der Waals surface area contributed by atoms with Crippen molar-refractivity contribution < 1.29 is 14.2 Å². The molecule has 0 amide bonds. The summed E-state index contributed by atoms with van der Waals surface area (Å²) < 4.78 is 22.3. The van der Waals surface area contributed by atoms with Crippen LogP contribution in [-0.4, -0.2) is 73.9 Å². The highest BCUT2D eigenvalue weighted by Crippen LogP contribution is 2.35. The quantitative estimate of drug-likeness (QED) is 0.573. The predicted molar refractivity (Wildman–Crippen MR) is 129 cm³/mol. The van der Waals surface area contributed by atoms with Crippen LogP contribution in [0.4, 0.5) is 16.0 Å². The maximum Gasteiger partial charge on any atom is 0.227 e. The van der Waals surface area contributed by atoms with Gasteiger partial charge in [0.05, 0.1) is 54.5 Å². The monoisotopic (exact) mass is 468 g/mol. The van der Waals surface area contributed by atoms with Gasteiger partial charge in [0.2, 0.25) is 5.95 Å². The molecular formula is C25H33FN6O2. The van der Waals surface area contributed by atoms with Crippen molar-refractivity contribution >= 4 is 22.5 Å². The molecule has 182 valence electrons. The van der Waals surface area contributed by atoms with E-state index in [9.17, 15) is 5.11 Å². The van der Waals surface area contributed by atoms with E-state index in [1.165, 1.54) is 0 Å². The average Bonchev–Trinajstić information content (AvgIpc) is 3.05. The second-order valence-electron chi connectivity index (χ2n) is 10.3. The fraction of sp³-hybridized carbons (Fsp3) is 0.560. The number of anilines is 2. The number of nitrogens with zero attached hydrogens (tertiary/aromatic N) is 5. The van der Waals surface area contributed by atoms with Gasteiger partial charge in [0.1, 0.15) is 6.17 Å². The minimum Gasteiger partial charge on any atom is -0.389 e. The smallest absolute Gasteiger partial charge is 0.227 e. The molecule has 34 heavy (non-hydrogen) atoms. The maximum absolute atomic E-state index is 15.3. The van der Waals surface area contributed by atoms with Crippen LogP contribution in [0.25, 0.3) is 10.9 Å². The van der Waals surface area contributed by atoms with Crippen LogP contribution in [0.3, 0.4) is 0 Å². The van der Waals surface area contributed by atoms with Gasteiger partial charge in [0.15, 0.2) is 0 Å². The van der Waals surface area contributed by atoms with E-state index in [1.54, 1.807) is 30.9 Å². The fourth-order valence-corrected chi connectivity index (χ4v) is 4.93. The number of benzene rings is 1. The molecule has 2 atom stereocenters. The maximum atomic E-state index is 15.3. The third-order valence-electron chi connectivity index (χ3n) is 6.96. The number of rotatable bonds is 6. The molecule has 0 unspecified atom stereocenters. The lowest BCUT2D eigenvalue weighted by molar-refractivity contribution is -0.0807. The van der Waals surface area contributed by atoms with Crippen molar-refractivity contribution in [3.63, 3.8) is 0 Å². The van der Waals surface area contributed by atoms with Crippen molar-refractivity contribution in [3.05, 3.63) is 41.3 Å². The highest BCUT2D eigenvalue weighted by Gasteiger charge is 2.36. The average molecular weight is 469 g/mol. The number of halogens is 1. The van der Waals surface area contributed by atoms with E-state index in [-0.39, 0.29) is 5.92 Å². The summed E-state index contributed by atoms with van der Waals surface area (Å²) in [6.07, 6.45) is 3.39. The number of alkyl halides is 1. The number of hydrogen-bond donors (Lipinski definition) is 2. The number of ether oxygens (including phenoxy) is 1. The number of aryl methyl sites for hydroxylation is 1. The van der Waals surface area contributed by atoms with Gasteiger partial charge in [-0.25, -0.2) is 14.4 Å². The molecule has 2 N–H and O–H groups in total. The first-order valence-corrected chi connectivity index (χ1v) is 11.9. The molecule has 2 fully saturated rings. The number of hydrogen-bond acceptors (Lipinski definition) is 7. The van der Waals surface area contributed by atoms with E-state index in [4.69, 9.17) is 9.72 Å². The first kappa shape index (κ1) is 23.1. The molecule has 2 saturated heterocycles. The molecule has 5 rings (SSSR count). The highest BCUT2D eigenvalue weighted by atomic mass is 19.1. The van der Waals surface area contributed by atoms with Gasteiger partial charge in [0, 0.05) is 24.0 Å². The van der Waals surface area contributed by atoms with Crippen LogP contribution in [0.5, 0.6) is 0 Å². The Balaban J connectivity index is 1.37. The molecule has 0 aliphatic carbocycles. The first-order valence-electron chi connectivity index (χ1n) is 11.9. The largest absolute Gasteiger partial charge is 0.389 e. The summed E-state index contributed by atoms with van der Waals surface area (Å²) in [5.74, 6) is 0.333. The van der Waals surface area contributed by atoms with E-state index < -0.39 is 11.8 Å². The molecule has 1 aromatic carbocycles. The normalized spacial score (nSPS) is 22.2. The molecule has 0 spiro atoms. The number of aromatic nitrogens is 4. The summed E-state index contributed by atoms with van der Waals surface area (Å²) in [7, 11) is 0. The number of aliphatic hydroxyl groups is 1. The summed E-state index contributed by atoms with van der Waals surface area (Å²) in [5.41, 5.74) is 3.71. The summed E-state index contributed by atoms with van der Waals surface area (Å²) in [5, 5.41) is 18.6. The van der Waals surface area contributed by atoms with E-state index in [2.05, 4.69) is 26.4 Å². The molecule has 2 aliphatic rings. The zero-order valence-corrected chi connectivity index (χ0v) is 20.3. The van der Waals surface area contributed by atoms with E-state index in [1.807, 2.05) is 19.9 Å². The third-order valence-corrected chi connectivity index (χ3v) is 6.96. The summed E-state index contributed by atoms with van der Waals surface area (Å²) >= 11 is 0. The van der Waals surface area contributed by atoms with Crippen LogP contribution in [0.15, 0.2) is 24.5 Å². The number of piperidine rings is 1. The van der Waals surface area contributed by atoms with Gasteiger partial charge < -0.3 is 15.2 Å². The van der Waals surface area contributed by atoms with Gasteiger partial charge in [-0.15, -0.1) is 0 Å². The summed E-state index contributed by atoms with van der Waals surface area (Å²) in [4.78, 5) is 11.4. The van der Waals surface area contributed by atoms with Crippen molar-refractivity contribution in [1.29, 1.82) is 0 Å². The minimum absolute atomic E-state index is 0.129. The molecular weight excluding hydrogens is 435 g/mol. The lowest BCUT2D eigenvalue weighted by atomic mass is 9.84. The molecule has 9 heteroatoms. The molecule has 0 saturated carbocycles. The third kappa shape index (κ3) is 4.64. The van der Waals surface area contributed by atoms with Crippen LogP contribution in [0.1, 0.15) is 43.0 Å². The van der Waals surface area contributed by atoms with E-state index >= 15 is 4.39 Å². The molecule has 2 aromatic heterocycles. The molecule has 4 heterocycles. The van der Waals surface area contributed by atoms with E-state index in [0.29, 0.717) is 25.1 Å². The lowest BCUT2D eigenvalue weighted by Crippen LogP contribution is -2.54. The van der Waals surface area contributed by atoms with Crippen molar-refractivity contribution in [2.75, 3.05) is 31.6 Å². The standard InChI is InChI=1S/C25H33FN6O2/c1-15-7-17-9-27-24(30-23-10-28-32(16(23)2)14-25(3,4)33)29-22(17)8-20(15)19-5-6-31(11-21(19)26)18-12-34-13-18/h7-10,18-19,21,33H,5-6,11-14H2,1-4H3,(H,27,29,30)/t19-,21+/m0/s1. The first-order chi connectivity index (χ1) is 16.2. The van der Waals surface area contributed by atoms with Crippen LogP contribution in [0.2, 0.25) is 0 Å². The number of fused-ring (bicyclic) bond motifs is 1. The summed E-state index contributed by atoms with van der Waals surface area (Å²) in [6, 6.07) is 4.45. The van der Waals surface area contributed by atoms with Gasteiger partial charge >= 0.3 is 0 Å². The lowest BCUT2D eigenvalue weighted by Gasteiger charge is -2.43. The Morgan fingerprint density at radius 1 is 1.24 bits per heavy atom. The second-order valence-corrected chi connectivity index (χ2v) is 10.3. The van der Waals surface area contributed by atoms with Crippen LogP contribution < -0.4 is 5.32 Å². The van der Waals surface area contributed by atoms with Crippen LogP contribution in [0, 0.1) is 13.8 Å². The number of nitrogens with one attached hydrogen (secondary N) is 1. The minimum atomic E-state index is -0.908. The van der Waals surface area contributed by atoms with Crippen LogP contribution in [-0.2, 0) is 11.3 Å². The highest BCUT2D eigenvalue weighted by molar-refractivity contribution is 5.81.